The molecule has 142 valence electrons. The number of rotatable bonds is 2. The molecule has 0 atom stereocenters. The number of fused-ring (bicyclic) bond motifs is 1. The molecule has 0 aliphatic heterocycles. The van der Waals surface area contributed by atoms with Crippen LogP contribution in [0.15, 0.2) is 36.4 Å². The zero-order valence-electron chi connectivity index (χ0n) is 14.8. The fourth-order valence-electron chi connectivity index (χ4n) is 2.45. The van der Waals surface area contributed by atoms with Gasteiger partial charge < -0.3 is 10.4 Å². The van der Waals surface area contributed by atoms with Crippen molar-refractivity contribution in [1.82, 2.24) is 14.6 Å². The number of aromatic nitrogens is 3. The smallest absolute Gasteiger partial charge is 0.433 e. The Morgan fingerprint density at radius 3 is 2.44 bits per heavy atom. The van der Waals surface area contributed by atoms with E-state index >= 15 is 0 Å². The number of phenolic OH excluding ortho intramolecular Hbond substituents is 1. The first-order valence-electron chi connectivity index (χ1n) is 8.04. The predicted molar refractivity (Wildman–Crippen MR) is 92.7 cm³/mol. The normalized spacial score (nSPS) is 12.4. The van der Waals surface area contributed by atoms with E-state index in [9.17, 15) is 23.1 Å². The number of anilines is 1. The lowest BCUT2D eigenvalue weighted by atomic mass is 9.91. The Bertz CT molecular complexity index is 1020. The van der Waals surface area contributed by atoms with E-state index in [0.717, 1.165) is 6.07 Å². The SMILES string of the molecule is CC(C)(C)c1cc(C(F)(F)F)n2nc(C(=O)Nc3cccc(O)c3)cc2n1. The molecule has 2 N–H and O–H groups in total. The molecule has 0 aliphatic carbocycles. The van der Waals surface area contributed by atoms with Crippen LogP contribution in [0.5, 0.6) is 5.75 Å². The third kappa shape index (κ3) is 3.86. The molecule has 0 spiro atoms. The quantitative estimate of drug-likeness (QED) is 0.706. The third-order valence-electron chi connectivity index (χ3n) is 3.82. The fraction of sp³-hybridized carbons (Fsp3) is 0.278. The average molecular weight is 378 g/mol. The molecule has 2 heterocycles. The number of hydrogen-bond donors (Lipinski definition) is 2. The molecule has 27 heavy (non-hydrogen) atoms. The molecule has 0 radical (unpaired) electrons. The summed E-state index contributed by atoms with van der Waals surface area (Å²) >= 11 is 0. The van der Waals surface area contributed by atoms with Gasteiger partial charge >= 0.3 is 6.18 Å². The maximum absolute atomic E-state index is 13.5. The van der Waals surface area contributed by atoms with E-state index in [1.54, 1.807) is 20.8 Å². The van der Waals surface area contributed by atoms with Gasteiger partial charge in [0.05, 0.1) is 5.69 Å². The highest BCUT2D eigenvalue weighted by Gasteiger charge is 2.36. The summed E-state index contributed by atoms with van der Waals surface area (Å²) in [5.41, 5.74) is -1.39. The summed E-state index contributed by atoms with van der Waals surface area (Å²) < 4.78 is 41.0. The number of phenols is 1. The molecule has 0 saturated carbocycles. The Labute approximate surface area is 152 Å². The van der Waals surface area contributed by atoms with Gasteiger partial charge in [-0.3, -0.25) is 4.79 Å². The van der Waals surface area contributed by atoms with E-state index in [1.165, 1.54) is 30.3 Å². The van der Waals surface area contributed by atoms with Crippen LogP contribution in [0.2, 0.25) is 0 Å². The van der Waals surface area contributed by atoms with Gasteiger partial charge in [-0.05, 0) is 18.2 Å². The Balaban J connectivity index is 2.07. The van der Waals surface area contributed by atoms with Crippen LogP contribution in [0, 0.1) is 0 Å². The highest BCUT2D eigenvalue weighted by molar-refractivity contribution is 6.03. The van der Waals surface area contributed by atoms with Crippen molar-refractivity contribution in [3.8, 4) is 5.75 Å². The van der Waals surface area contributed by atoms with Crippen molar-refractivity contribution >= 4 is 17.2 Å². The van der Waals surface area contributed by atoms with Crippen LogP contribution < -0.4 is 5.32 Å². The molecule has 0 fully saturated rings. The molecule has 3 aromatic rings. The highest BCUT2D eigenvalue weighted by Crippen LogP contribution is 2.32. The lowest BCUT2D eigenvalue weighted by Gasteiger charge is -2.19. The average Bonchev–Trinajstić information content (AvgIpc) is 2.96. The number of nitrogens with one attached hydrogen (secondary N) is 1. The molecule has 0 bridgehead atoms. The maximum atomic E-state index is 13.5. The van der Waals surface area contributed by atoms with Crippen molar-refractivity contribution in [2.45, 2.75) is 32.4 Å². The van der Waals surface area contributed by atoms with Gasteiger partial charge in [-0.2, -0.15) is 18.3 Å². The van der Waals surface area contributed by atoms with Gasteiger partial charge in [0.2, 0.25) is 0 Å². The molecule has 0 saturated heterocycles. The van der Waals surface area contributed by atoms with Crippen molar-refractivity contribution in [2.75, 3.05) is 5.32 Å². The predicted octanol–water partition coefficient (Wildman–Crippen LogP) is 4.00. The number of halogens is 3. The van der Waals surface area contributed by atoms with Crippen LogP contribution in [-0.4, -0.2) is 25.6 Å². The monoisotopic (exact) mass is 378 g/mol. The first-order valence-corrected chi connectivity index (χ1v) is 8.04. The topological polar surface area (TPSA) is 79.5 Å². The number of hydrogen-bond acceptors (Lipinski definition) is 4. The van der Waals surface area contributed by atoms with Gasteiger partial charge in [-0.15, -0.1) is 0 Å². The van der Waals surface area contributed by atoms with E-state index < -0.39 is 23.2 Å². The zero-order valence-corrected chi connectivity index (χ0v) is 14.8. The van der Waals surface area contributed by atoms with Crippen LogP contribution in [0.25, 0.3) is 5.65 Å². The second kappa shape index (κ2) is 6.26. The molecule has 9 heteroatoms. The number of benzene rings is 1. The Morgan fingerprint density at radius 1 is 1.15 bits per heavy atom. The van der Waals surface area contributed by atoms with Crippen LogP contribution in [0.3, 0.4) is 0 Å². The van der Waals surface area contributed by atoms with Gasteiger partial charge in [0.25, 0.3) is 5.91 Å². The van der Waals surface area contributed by atoms with Gasteiger partial charge in [0.1, 0.15) is 11.4 Å². The summed E-state index contributed by atoms with van der Waals surface area (Å²) in [7, 11) is 0. The first kappa shape index (κ1) is 18.7. The number of alkyl halides is 3. The van der Waals surface area contributed by atoms with Crippen molar-refractivity contribution in [3.05, 3.63) is 53.5 Å². The minimum Gasteiger partial charge on any atom is -0.508 e. The highest BCUT2D eigenvalue weighted by atomic mass is 19.4. The maximum Gasteiger partial charge on any atom is 0.433 e. The molecule has 0 unspecified atom stereocenters. The Hall–Kier alpha value is -3.10. The summed E-state index contributed by atoms with van der Waals surface area (Å²) in [6.07, 6.45) is -4.66. The van der Waals surface area contributed by atoms with Crippen LogP contribution >= 0.6 is 0 Å². The lowest BCUT2D eigenvalue weighted by molar-refractivity contribution is -0.142. The number of nitrogens with zero attached hydrogens (tertiary/aromatic N) is 3. The molecule has 1 aromatic carbocycles. The number of amides is 1. The van der Waals surface area contributed by atoms with Crippen molar-refractivity contribution in [1.29, 1.82) is 0 Å². The zero-order chi connectivity index (χ0) is 20.0. The van der Waals surface area contributed by atoms with E-state index in [4.69, 9.17) is 0 Å². The largest absolute Gasteiger partial charge is 0.508 e. The Kier molecular flexibility index (Phi) is 4.33. The fourth-order valence-corrected chi connectivity index (χ4v) is 2.45. The van der Waals surface area contributed by atoms with E-state index in [2.05, 4.69) is 15.4 Å². The molecule has 6 nitrogen and oxygen atoms in total. The minimum absolute atomic E-state index is 0.0568. The van der Waals surface area contributed by atoms with Gasteiger partial charge in [-0.1, -0.05) is 26.8 Å². The van der Waals surface area contributed by atoms with Crippen molar-refractivity contribution in [2.24, 2.45) is 0 Å². The summed E-state index contributed by atoms with van der Waals surface area (Å²) in [6, 6.07) is 7.93. The van der Waals surface area contributed by atoms with E-state index in [-0.39, 0.29) is 28.5 Å². The summed E-state index contributed by atoms with van der Waals surface area (Å²) in [4.78, 5) is 16.6. The van der Waals surface area contributed by atoms with E-state index in [1.807, 2.05) is 0 Å². The van der Waals surface area contributed by atoms with Gasteiger partial charge in [0.15, 0.2) is 11.3 Å². The number of carbonyl (C=O) groups excluding carboxylic acids is 1. The molecule has 0 aliphatic rings. The Morgan fingerprint density at radius 2 is 1.85 bits per heavy atom. The van der Waals surface area contributed by atoms with Crippen LogP contribution in [0.4, 0.5) is 18.9 Å². The third-order valence-corrected chi connectivity index (χ3v) is 3.82. The lowest BCUT2D eigenvalue weighted by Crippen LogP contribution is -2.20. The molecule has 2 aromatic heterocycles. The van der Waals surface area contributed by atoms with Gasteiger partial charge in [-0.25, -0.2) is 9.50 Å². The second-order valence-electron chi connectivity index (χ2n) is 7.08. The standard InChI is InChI=1S/C18H17F3N4O2/c1-17(2,3)13-9-14(18(19,20)21)25-15(23-13)8-12(24-25)16(27)22-10-5-4-6-11(26)7-10/h4-9,26H,1-3H3,(H,22,27). The molecule has 1 amide bonds. The molecular weight excluding hydrogens is 361 g/mol. The summed E-state index contributed by atoms with van der Waals surface area (Å²) in [6.45, 7) is 5.24. The number of carbonyl (C=O) groups is 1. The molecule has 3 rings (SSSR count). The minimum atomic E-state index is -4.66. The van der Waals surface area contributed by atoms with Crippen molar-refractivity contribution in [3.63, 3.8) is 0 Å². The van der Waals surface area contributed by atoms with E-state index in [0.29, 0.717) is 4.52 Å². The summed E-state index contributed by atoms with van der Waals surface area (Å²) in [5.74, 6) is -0.768. The van der Waals surface area contributed by atoms with Gasteiger partial charge in [0, 0.05) is 23.2 Å². The molecular formula is C18H17F3N4O2. The summed E-state index contributed by atoms with van der Waals surface area (Å²) in [5, 5.41) is 15.7. The second-order valence-corrected chi connectivity index (χ2v) is 7.08. The van der Waals surface area contributed by atoms with Crippen molar-refractivity contribution < 1.29 is 23.1 Å². The van der Waals surface area contributed by atoms with Crippen LogP contribution in [0.1, 0.15) is 42.6 Å². The first-order chi connectivity index (χ1) is 12.4. The number of aromatic hydroxyl groups is 1. The van der Waals surface area contributed by atoms with Crippen LogP contribution in [-0.2, 0) is 11.6 Å².